The molecule has 0 unspecified atom stereocenters. The maximum atomic E-state index is 13.3. The van der Waals surface area contributed by atoms with E-state index in [4.69, 9.17) is 0 Å². The smallest absolute Gasteiger partial charge is 0.369 e. The Hall–Kier alpha value is -2.92. The van der Waals surface area contributed by atoms with Crippen molar-refractivity contribution in [2.24, 2.45) is 0 Å². The average Bonchev–Trinajstić information content (AvgIpc) is 2.78. The highest BCUT2D eigenvalue weighted by atomic mass is 19.4. The van der Waals surface area contributed by atoms with E-state index in [1.807, 2.05) is 0 Å². The second kappa shape index (κ2) is 8.70. The highest BCUT2D eigenvalue weighted by molar-refractivity contribution is 5.77. The van der Waals surface area contributed by atoms with Gasteiger partial charge in [-0.3, -0.25) is 14.3 Å². The van der Waals surface area contributed by atoms with Gasteiger partial charge in [-0.15, -0.1) is 0 Å². The number of fused-ring (bicyclic) bond motifs is 1. The zero-order valence-electron chi connectivity index (χ0n) is 17.8. The van der Waals surface area contributed by atoms with Crippen LogP contribution in [0.5, 0.6) is 0 Å². The minimum absolute atomic E-state index is 0.0470. The Morgan fingerprint density at radius 3 is 2.03 bits per heavy atom. The van der Waals surface area contributed by atoms with Crippen LogP contribution in [0, 0.1) is 0 Å². The van der Waals surface area contributed by atoms with Crippen LogP contribution < -0.4 is 5.56 Å². The van der Waals surface area contributed by atoms with Gasteiger partial charge in [0.2, 0.25) is 0 Å². The number of likely N-dealkylation sites (tertiary alicyclic amines) is 1. The highest BCUT2D eigenvalue weighted by Gasteiger charge is 2.71. The molecular weight excluding hydrogens is 464 g/mol. The Balaban J connectivity index is 1.83. The fourth-order valence-corrected chi connectivity index (χ4v) is 4.21. The number of hydrogen-bond acceptors (Lipinski definition) is 4. The summed E-state index contributed by atoms with van der Waals surface area (Å²) in [5, 5.41) is 9.91. The number of hydrogen-bond donors (Lipinski definition) is 1. The zero-order chi connectivity index (χ0) is 24.7. The summed E-state index contributed by atoms with van der Waals surface area (Å²) >= 11 is 0. The number of nitrogens with zero attached hydrogens (tertiary/aromatic N) is 3. The van der Waals surface area contributed by atoms with Crippen LogP contribution in [0.2, 0.25) is 0 Å². The number of rotatable bonds is 4. The van der Waals surface area contributed by atoms with Crippen LogP contribution >= 0.6 is 0 Å². The molecule has 182 valence electrons. The van der Waals surface area contributed by atoms with E-state index in [1.54, 1.807) is 24.3 Å². The third-order valence-electron chi connectivity index (χ3n) is 6.02. The van der Waals surface area contributed by atoms with Gasteiger partial charge in [-0.2, -0.15) is 26.3 Å². The number of alkyl halides is 6. The molecule has 4 rings (SSSR count). The lowest BCUT2D eigenvalue weighted by Crippen LogP contribution is -2.53. The largest absolute Gasteiger partial charge is 0.430 e. The lowest BCUT2D eigenvalue weighted by Gasteiger charge is -2.32. The number of para-hydroxylation sites is 1. The highest BCUT2D eigenvalue weighted by Crippen LogP contribution is 2.50. The average molecular weight is 485 g/mol. The molecule has 1 N–H and O–H groups in total. The van der Waals surface area contributed by atoms with E-state index < -0.39 is 29.1 Å². The Labute approximate surface area is 190 Å². The minimum atomic E-state index is -5.99. The first-order valence-corrected chi connectivity index (χ1v) is 10.6. The molecule has 1 aromatic heterocycles. The SMILES string of the molecule is O=c1c2ccccc2nc(CN2CCCCC2)n1-c1ccc(C(O)(C(F)(F)F)C(F)(F)F)cc1. The quantitative estimate of drug-likeness (QED) is 0.546. The fraction of sp³-hybridized carbons (Fsp3) is 0.391. The molecule has 11 heteroatoms. The van der Waals surface area contributed by atoms with E-state index in [1.165, 1.54) is 4.57 Å². The van der Waals surface area contributed by atoms with Crippen molar-refractivity contribution in [3.8, 4) is 5.69 Å². The number of halogens is 6. The molecule has 0 amide bonds. The molecule has 2 aromatic carbocycles. The first-order valence-electron chi connectivity index (χ1n) is 10.6. The summed E-state index contributed by atoms with van der Waals surface area (Å²) in [5.74, 6) is 0.320. The van der Waals surface area contributed by atoms with Crippen molar-refractivity contribution in [3.63, 3.8) is 0 Å². The first kappa shape index (κ1) is 24.2. The number of benzene rings is 2. The van der Waals surface area contributed by atoms with Gasteiger partial charge in [-0.05, 0) is 50.2 Å². The van der Waals surface area contributed by atoms with Gasteiger partial charge in [0.25, 0.3) is 11.2 Å². The molecule has 1 saturated heterocycles. The van der Waals surface area contributed by atoms with Crippen LogP contribution in [0.15, 0.2) is 53.3 Å². The number of piperidine rings is 1. The second-order valence-electron chi connectivity index (χ2n) is 8.28. The van der Waals surface area contributed by atoms with E-state index in [-0.39, 0.29) is 17.6 Å². The maximum absolute atomic E-state index is 13.3. The van der Waals surface area contributed by atoms with E-state index in [2.05, 4.69) is 9.88 Å². The van der Waals surface area contributed by atoms with Crippen molar-refractivity contribution >= 4 is 10.9 Å². The van der Waals surface area contributed by atoms with Gasteiger partial charge in [-0.1, -0.05) is 30.7 Å². The molecule has 1 aliphatic heterocycles. The standard InChI is InChI=1S/C23H21F6N3O2/c24-22(25,26)21(34,23(27,28)29)15-8-10-16(11-9-15)32-19(14-31-12-4-1-5-13-31)30-18-7-3-2-6-17(18)20(32)33/h2-3,6-11,34H,1,4-5,12-14H2. The summed E-state index contributed by atoms with van der Waals surface area (Å²) in [5.41, 5.74) is -6.44. The van der Waals surface area contributed by atoms with Crippen molar-refractivity contribution in [2.45, 2.75) is 43.8 Å². The summed E-state index contributed by atoms with van der Waals surface area (Å²) in [6, 6.07) is 9.53. The van der Waals surface area contributed by atoms with Gasteiger partial charge >= 0.3 is 12.4 Å². The molecule has 0 atom stereocenters. The van der Waals surface area contributed by atoms with Crippen molar-refractivity contribution in [2.75, 3.05) is 13.1 Å². The van der Waals surface area contributed by atoms with Crippen molar-refractivity contribution in [3.05, 3.63) is 70.3 Å². The Morgan fingerprint density at radius 2 is 1.44 bits per heavy atom. The second-order valence-corrected chi connectivity index (χ2v) is 8.28. The lowest BCUT2D eigenvalue weighted by molar-refractivity contribution is -0.376. The number of aliphatic hydroxyl groups is 1. The Kier molecular flexibility index (Phi) is 6.19. The maximum Gasteiger partial charge on any atom is 0.430 e. The molecule has 0 bridgehead atoms. The predicted octanol–water partition coefficient (Wildman–Crippen LogP) is 4.68. The van der Waals surface area contributed by atoms with Crippen LogP contribution in [0.1, 0.15) is 30.7 Å². The summed E-state index contributed by atoms with van der Waals surface area (Å²) in [4.78, 5) is 19.9. The molecule has 3 aromatic rings. The third-order valence-corrected chi connectivity index (χ3v) is 6.02. The van der Waals surface area contributed by atoms with E-state index in [0.717, 1.165) is 44.5 Å². The van der Waals surface area contributed by atoms with Gasteiger partial charge in [0.1, 0.15) is 5.82 Å². The summed E-state index contributed by atoms with van der Waals surface area (Å²) in [6.07, 6.45) is -8.96. The van der Waals surface area contributed by atoms with Gasteiger partial charge in [-0.25, -0.2) is 4.98 Å². The Bertz CT molecular complexity index is 1210. The van der Waals surface area contributed by atoms with Gasteiger partial charge in [0.15, 0.2) is 0 Å². The summed E-state index contributed by atoms with van der Waals surface area (Å²) in [6.45, 7) is 1.86. The molecular formula is C23H21F6N3O2. The topological polar surface area (TPSA) is 58.4 Å². The van der Waals surface area contributed by atoms with Crippen molar-refractivity contribution < 1.29 is 31.4 Å². The van der Waals surface area contributed by atoms with Crippen molar-refractivity contribution in [1.29, 1.82) is 0 Å². The normalized spacial score (nSPS) is 16.2. The molecule has 34 heavy (non-hydrogen) atoms. The fourth-order valence-electron chi connectivity index (χ4n) is 4.21. The molecule has 5 nitrogen and oxygen atoms in total. The minimum Gasteiger partial charge on any atom is -0.369 e. The molecule has 0 spiro atoms. The van der Waals surface area contributed by atoms with Gasteiger partial charge < -0.3 is 5.11 Å². The number of aromatic nitrogens is 2. The Morgan fingerprint density at radius 1 is 0.853 bits per heavy atom. The van der Waals surface area contributed by atoms with Crippen LogP contribution in [0.3, 0.4) is 0 Å². The van der Waals surface area contributed by atoms with E-state index in [9.17, 15) is 36.2 Å². The van der Waals surface area contributed by atoms with Gasteiger partial charge in [0.05, 0.1) is 23.1 Å². The zero-order valence-corrected chi connectivity index (χ0v) is 17.8. The monoisotopic (exact) mass is 485 g/mol. The van der Waals surface area contributed by atoms with E-state index >= 15 is 0 Å². The molecule has 1 aliphatic rings. The first-order chi connectivity index (χ1) is 15.9. The van der Waals surface area contributed by atoms with Crippen LogP contribution in [-0.4, -0.2) is 45.0 Å². The summed E-state index contributed by atoms with van der Waals surface area (Å²) < 4.78 is 80.6. The molecule has 0 saturated carbocycles. The lowest BCUT2D eigenvalue weighted by atomic mass is 9.92. The van der Waals surface area contributed by atoms with Crippen LogP contribution in [0.25, 0.3) is 16.6 Å². The van der Waals surface area contributed by atoms with E-state index in [0.29, 0.717) is 23.5 Å². The molecule has 2 heterocycles. The van der Waals surface area contributed by atoms with Crippen molar-refractivity contribution in [1.82, 2.24) is 14.5 Å². The summed E-state index contributed by atoms with van der Waals surface area (Å²) in [7, 11) is 0. The predicted molar refractivity (Wildman–Crippen MR) is 112 cm³/mol. The molecule has 0 aliphatic carbocycles. The molecule has 1 fully saturated rings. The van der Waals surface area contributed by atoms with Crippen LogP contribution in [-0.2, 0) is 12.1 Å². The van der Waals surface area contributed by atoms with Gasteiger partial charge in [0, 0.05) is 5.56 Å². The van der Waals surface area contributed by atoms with Crippen LogP contribution in [0.4, 0.5) is 26.3 Å². The molecule has 0 radical (unpaired) electrons. The third kappa shape index (κ3) is 4.18.